The lowest BCUT2D eigenvalue weighted by atomic mass is 10.0. The van der Waals surface area contributed by atoms with Crippen molar-refractivity contribution in [2.45, 2.75) is 88.8 Å². The van der Waals surface area contributed by atoms with Gasteiger partial charge in [0.05, 0.1) is 18.2 Å². The normalized spacial score (nSPS) is 28.3. The number of aromatic amines is 1. The van der Waals surface area contributed by atoms with Gasteiger partial charge in [-0.05, 0) is 74.9 Å². The van der Waals surface area contributed by atoms with Crippen molar-refractivity contribution < 1.29 is 19.1 Å². The van der Waals surface area contributed by atoms with E-state index in [0.717, 1.165) is 17.5 Å². The lowest BCUT2D eigenvalue weighted by Gasteiger charge is -2.39. The molecule has 4 heterocycles. The molecule has 1 aromatic heterocycles. The summed E-state index contributed by atoms with van der Waals surface area (Å²) in [4.78, 5) is 45.8. The number of piperidine rings is 1. The topological polar surface area (TPSA) is 160 Å². The highest BCUT2D eigenvalue weighted by molar-refractivity contribution is 5.89. The van der Waals surface area contributed by atoms with Gasteiger partial charge in [-0.1, -0.05) is 18.2 Å². The molecule has 7 atom stereocenters. The second kappa shape index (κ2) is 10.1. The van der Waals surface area contributed by atoms with Gasteiger partial charge in [0, 0.05) is 30.7 Å². The number of hydrogen-bond acceptors (Lipinski definition) is 9. The molecule has 0 spiro atoms. The molecule has 13 nitrogen and oxygen atoms in total. The molecule has 216 valence electrons. The van der Waals surface area contributed by atoms with Crippen LogP contribution in [0.2, 0.25) is 0 Å². The van der Waals surface area contributed by atoms with E-state index in [1.807, 2.05) is 41.0 Å². The van der Waals surface area contributed by atoms with E-state index in [-0.39, 0.29) is 42.5 Å². The first kappa shape index (κ1) is 27.1. The minimum atomic E-state index is -0.926. The van der Waals surface area contributed by atoms with Gasteiger partial charge in [-0.25, -0.2) is 9.89 Å². The standard InChI is InChI=1S/C28H35N9O4/c1-15(16-6-5-7-17(8-16)24-31-33-34-32-24)36-20-11-23(26(36)39)35(13-20)14-21(30-27(40)41-28(2,3)4)25(38)37-19(12-29)9-18-10-22(18)37/h5-8,15,18-23H,9-11,13-14H2,1-4H3,(H,30,40)(H,31,32,33,34)/t15-,18-,19+,20+,21+,22+,23+/m1/s1. The minimum absolute atomic E-state index is 0.00211. The molecule has 41 heavy (non-hydrogen) atoms. The van der Waals surface area contributed by atoms with E-state index in [2.05, 4.69) is 32.0 Å². The summed E-state index contributed by atoms with van der Waals surface area (Å²) in [5.41, 5.74) is 1.08. The predicted octanol–water partition coefficient (Wildman–Crippen LogP) is 1.62. The number of ether oxygens (including phenoxy) is 1. The molecule has 0 radical (unpaired) electrons. The number of H-pyrrole nitrogens is 1. The van der Waals surface area contributed by atoms with E-state index in [1.54, 1.807) is 25.7 Å². The highest BCUT2D eigenvalue weighted by Gasteiger charge is 2.56. The summed E-state index contributed by atoms with van der Waals surface area (Å²) in [7, 11) is 0. The first-order chi connectivity index (χ1) is 19.5. The maximum atomic E-state index is 13.8. The molecule has 1 saturated carbocycles. The average molecular weight is 562 g/mol. The number of piperazine rings is 1. The number of alkyl carbamates (subject to hydrolysis) is 1. The first-order valence-corrected chi connectivity index (χ1v) is 14.2. The summed E-state index contributed by atoms with van der Waals surface area (Å²) in [6.07, 6.45) is 1.51. The molecule has 2 N–H and O–H groups in total. The fourth-order valence-corrected chi connectivity index (χ4v) is 6.73. The molecule has 6 rings (SSSR count). The van der Waals surface area contributed by atoms with Gasteiger partial charge in [0.15, 0.2) is 5.82 Å². The highest BCUT2D eigenvalue weighted by atomic mass is 16.6. The van der Waals surface area contributed by atoms with Crippen LogP contribution < -0.4 is 5.32 Å². The molecule has 1 aromatic carbocycles. The van der Waals surface area contributed by atoms with Crippen LogP contribution in [0, 0.1) is 17.2 Å². The molecule has 0 unspecified atom stereocenters. The number of rotatable bonds is 7. The maximum Gasteiger partial charge on any atom is 0.408 e. The van der Waals surface area contributed by atoms with Gasteiger partial charge >= 0.3 is 6.09 Å². The molecule has 1 aliphatic carbocycles. The molecule has 2 aromatic rings. The number of carbonyl (C=O) groups excluding carboxylic acids is 3. The Bertz CT molecular complexity index is 1380. The van der Waals surface area contributed by atoms with Gasteiger partial charge in [0.2, 0.25) is 11.8 Å². The van der Waals surface area contributed by atoms with Crippen LogP contribution in [0.3, 0.4) is 0 Å². The quantitative estimate of drug-likeness (QED) is 0.512. The van der Waals surface area contributed by atoms with E-state index in [4.69, 9.17) is 4.74 Å². The third-order valence-electron chi connectivity index (χ3n) is 8.63. The summed E-state index contributed by atoms with van der Waals surface area (Å²) in [6.45, 7) is 8.05. The second-order valence-electron chi connectivity index (χ2n) is 12.5. The molecule has 4 fully saturated rings. The van der Waals surface area contributed by atoms with Crippen molar-refractivity contribution in [1.29, 1.82) is 5.26 Å². The van der Waals surface area contributed by atoms with Gasteiger partial charge in [-0.3, -0.25) is 14.5 Å². The smallest absolute Gasteiger partial charge is 0.408 e. The van der Waals surface area contributed by atoms with Crippen molar-refractivity contribution in [3.8, 4) is 17.5 Å². The Morgan fingerprint density at radius 3 is 2.76 bits per heavy atom. The minimum Gasteiger partial charge on any atom is -0.444 e. The number of likely N-dealkylation sites (tertiary alicyclic amines) is 3. The Morgan fingerprint density at radius 1 is 1.27 bits per heavy atom. The summed E-state index contributed by atoms with van der Waals surface area (Å²) < 4.78 is 5.46. The summed E-state index contributed by atoms with van der Waals surface area (Å²) in [5.74, 6) is 0.625. The van der Waals surface area contributed by atoms with Crippen molar-refractivity contribution in [3.05, 3.63) is 29.8 Å². The molecule has 3 amide bonds. The Labute approximate surface area is 238 Å². The Hall–Kier alpha value is -4.05. The van der Waals surface area contributed by atoms with Crippen LogP contribution in [0.25, 0.3) is 11.4 Å². The molecular formula is C28H35N9O4. The Kier molecular flexibility index (Phi) is 6.68. The van der Waals surface area contributed by atoms with Crippen LogP contribution in [0.15, 0.2) is 24.3 Å². The largest absolute Gasteiger partial charge is 0.444 e. The van der Waals surface area contributed by atoms with Gasteiger partial charge in [0.25, 0.3) is 0 Å². The van der Waals surface area contributed by atoms with Gasteiger partial charge in [-0.15, -0.1) is 5.10 Å². The van der Waals surface area contributed by atoms with Crippen molar-refractivity contribution in [2.75, 3.05) is 13.1 Å². The third kappa shape index (κ3) is 5.12. The zero-order valence-corrected chi connectivity index (χ0v) is 23.6. The fraction of sp³-hybridized carbons (Fsp3) is 0.607. The number of aromatic nitrogens is 4. The molecule has 4 aliphatic rings. The summed E-state index contributed by atoms with van der Waals surface area (Å²) >= 11 is 0. The van der Waals surface area contributed by atoms with Crippen LogP contribution in [-0.2, 0) is 14.3 Å². The number of nitriles is 1. The molecular weight excluding hydrogens is 526 g/mol. The number of amides is 3. The van der Waals surface area contributed by atoms with E-state index in [1.165, 1.54) is 0 Å². The fourth-order valence-electron chi connectivity index (χ4n) is 6.73. The lowest BCUT2D eigenvalue weighted by molar-refractivity contribution is -0.141. The number of nitrogens with zero attached hydrogens (tertiary/aromatic N) is 7. The van der Waals surface area contributed by atoms with E-state index in [0.29, 0.717) is 31.1 Å². The SMILES string of the molecule is C[C@H](c1cccc(-c2nnn[nH]2)c1)N1C(=O)[C@@H]2C[C@H]1CN2C[C@H](NC(=O)OC(C)(C)C)C(=O)N1[C@H](C#N)C[C@@H]2C[C@@H]21. The second-order valence-corrected chi connectivity index (χ2v) is 12.5. The Balaban J connectivity index is 1.17. The van der Waals surface area contributed by atoms with E-state index >= 15 is 0 Å². The third-order valence-corrected chi connectivity index (χ3v) is 8.63. The van der Waals surface area contributed by atoms with Crippen LogP contribution in [-0.4, -0.2) is 102 Å². The zero-order chi connectivity index (χ0) is 29.1. The summed E-state index contributed by atoms with van der Waals surface area (Å²) in [5, 5.41) is 26.5. The van der Waals surface area contributed by atoms with Crippen molar-refractivity contribution in [1.82, 2.24) is 40.6 Å². The number of carbonyl (C=O) groups is 3. The lowest BCUT2D eigenvalue weighted by Crippen LogP contribution is -2.59. The number of benzene rings is 1. The number of fused-ring (bicyclic) bond motifs is 3. The van der Waals surface area contributed by atoms with Crippen molar-refractivity contribution in [2.24, 2.45) is 5.92 Å². The van der Waals surface area contributed by atoms with Crippen molar-refractivity contribution >= 4 is 17.9 Å². The van der Waals surface area contributed by atoms with Crippen LogP contribution >= 0.6 is 0 Å². The van der Waals surface area contributed by atoms with Crippen LogP contribution in [0.4, 0.5) is 4.79 Å². The monoisotopic (exact) mass is 561 g/mol. The van der Waals surface area contributed by atoms with Gasteiger partial charge < -0.3 is 19.9 Å². The first-order valence-electron chi connectivity index (χ1n) is 14.2. The molecule has 13 heteroatoms. The average Bonchev–Trinajstić information content (AvgIpc) is 3.36. The maximum absolute atomic E-state index is 13.8. The number of nitrogens with one attached hydrogen (secondary N) is 2. The molecule has 2 bridgehead atoms. The number of hydrogen-bond donors (Lipinski definition) is 2. The summed E-state index contributed by atoms with van der Waals surface area (Å²) in [6, 6.07) is 8.10. The zero-order valence-electron chi connectivity index (χ0n) is 23.6. The predicted molar refractivity (Wildman–Crippen MR) is 145 cm³/mol. The molecule has 3 saturated heterocycles. The van der Waals surface area contributed by atoms with Crippen LogP contribution in [0.5, 0.6) is 0 Å². The van der Waals surface area contributed by atoms with E-state index < -0.39 is 23.8 Å². The van der Waals surface area contributed by atoms with Crippen LogP contribution in [0.1, 0.15) is 58.6 Å². The number of tetrazole rings is 1. The van der Waals surface area contributed by atoms with Gasteiger partial charge in [0.1, 0.15) is 17.7 Å². The molecule has 3 aliphatic heterocycles. The van der Waals surface area contributed by atoms with E-state index in [9.17, 15) is 19.6 Å². The Morgan fingerprint density at radius 2 is 2.07 bits per heavy atom. The highest BCUT2D eigenvalue weighted by Crippen LogP contribution is 2.48. The van der Waals surface area contributed by atoms with Gasteiger partial charge in [-0.2, -0.15) is 5.26 Å². The van der Waals surface area contributed by atoms with Crippen molar-refractivity contribution in [3.63, 3.8) is 0 Å².